The highest BCUT2D eigenvalue weighted by molar-refractivity contribution is 6.28. The second-order valence-electron chi connectivity index (χ2n) is 1.50. The summed E-state index contributed by atoms with van der Waals surface area (Å²) in [5.41, 5.74) is 5.09. The number of nitrogens with two attached hydrogens (primary N) is 1. The van der Waals surface area contributed by atoms with Crippen LogP contribution in [0.2, 0.25) is 5.28 Å². The Hall–Kier alpha value is -0.870. The molecule has 0 bridgehead atoms. The molecule has 1 aromatic rings. The minimum atomic E-state index is 0.116. The summed E-state index contributed by atoms with van der Waals surface area (Å²) < 4.78 is 4.85. The van der Waals surface area contributed by atoms with E-state index in [4.69, 9.17) is 22.1 Å². The molecule has 0 saturated carbocycles. The molecule has 0 amide bonds. The van der Waals surface area contributed by atoms with E-state index >= 15 is 0 Å². The first-order valence-electron chi connectivity index (χ1n) is 2.63. The summed E-state index contributed by atoms with van der Waals surface area (Å²) in [5.74, 6) is 0.520. The average molecular weight is 160 g/mol. The largest absolute Gasteiger partial charge is 0.475 e. The maximum absolute atomic E-state index is 5.40. The Kier molecular flexibility index (Phi) is 2.42. The van der Waals surface area contributed by atoms with Crippen LogP contribution in [0.5, 0.6) is 5.75 Å². The molecule has 0 aromatic carbocycles. The zero-order valence-corrected chi connectivity index (χ0v) is 5.88. The van der Waals surface area contributed by atoms with Crippen molar-refractivity contribution in [2.24, 2.45) is 5.73 Å². The van der Waals surface area contributed by atoms with Crippen LogP contribution in [0.15, 0.2) is 12.4 Å². The van der Waals surface area contributed by atoms with Gasteiger partial charge in [0.05, 0.1) is 12.4 Å². The topological polar surface area (TPSA) is 61.0 Å². The van der Waals surface area contributed by atoms with Crippen LogP contribution in [0, 0.1) is 0 Å². The van der Waals surface area contributed by atoms with Gasteiger partial charge in [0.1, 0.15) is 6.73 Å². The maximum Gasteiger partial charge on any atom is 0.222 e. The fourth-order valence-corrected chi connectivity index (χ4v) is 0.569. The van der Waals surface area contributed by atoms with Crippen molar-refractivity contribution in [3.05, 3.63) is 17.7 Å². The fraction of sp³-hybridized carbons (Fsp3) is 0.200. The number of halogens is 1. The minimum absolute atomic E-state index is 0.116. The SMILES string of the molecule is NCOc1cnc(Cl)nc1. The van der Waals surface area contributed by atoms with E-state index < -0.39 is 0 Å². The highest BCUT2D eigenvalue weighted by atomic mass is 35.5. The molecule has 54 valence electrons. The first kappa shape index (κ1) is 7.24. The van der Waals surface area contributed by atoms with Gasteiger partial charge in [-0.3, -0.25) is 5.73 Å². The third-order valence-electron chi connectivity index (χ3n) is 0.847. The molecule has 1 heterocycles. The van der Waals surface area contributed by atoms with Crippen molar-refractivity contribution in [3.8, 4) is 5.75 Å². The van der Waals surface area contributed by atoms with Crippen LogP contribution in [0.3, 0.4) is 0 Å². The van der Waals surface area contributed by atoms with Gasteiger partial charge in [-0.05, 0) is 11.6 Å². The van der Waals surface area contributed by atoms with Crippen molar-refractivity contribution in [2.75, 3.05) is 6.73 Å². The van der Waals surface area contributed by atoms with E-state index in [0.717, 1.165) is 0 Å². The van der Waals surface area contributed by atoms with E-state index in [1.54, 1.807) is 0 Å². The molecule has 0 saturated heterocycles. The molecule has 1 aromatic heterocycles. The summed E-state index contributed by atoms with van der Waals surface area (Å²) in [7, 11) is 0. The number of hydrogen-bond acceptors (Lipinski definition) is 4. The second kappa shape index (κ2) is 3.34. The zero-order chi connectivity index (χ0) is 7.40. The average Bonchev–Trinajstić information content (AvgIpc) is 1.95. The van der Waals surface area contributed by atoms with Gasteiger partial charge in [-0.2, -0.15) is 0 Å². The monoisotopic (exact) mass is 159 g/mol. The van der Waals surface area contributed by atoms with Crippen LogP contribution in [0.1, 0.15) is 0 Å². The van der Waals surface area contributed by atoms with E-state index in [9.17, 15) is 0 Å². The van der Waals surface area contributed by atoms with Gasteiger partial charge in [-0.15, -0.1) is 0 Å². The predicted molar refractivity (Wildman–Crippen MR) is 36.7 cm³/mol. The number of ether oxygens (including phenoxy) is 1. The van der Waals surface area contributed by atoms with Gasteiger partial charge in [0.25, 0.3) is 0 Å². The first-order valence-corrected chi connectivity index (χ1v) is 3.01. The summed E-state index contributed by atoms with van der Waals surface area (Å²) in [5, 5.41) is 0.198. The van der Waals surface area contributed by atoms with Crippen LogP contribution < -0.4 is 10.5 Å². The molecule has 2 N–H and O–H groups in total. The molecule has 0 aliphatic heterocycles. The van der Waals surface area contributed by atoms with Crippen molar-refractivity contribution >= 4 is 11.6 Å². The Morgan fingerprint density at radius 1 is 1.50 bits per heavy atom. The van der Waals surface area contributed by atoms with Gasteiger partial charge in [0.2, 0.25) is 5.28 Å². The van der Waals surface area contributed by atoms with Crippen LogP contribution >= 0.6 is 11.6 Å². The smallest absolute Gasteiger partial charge is 0.222 e. The minimum Gasteiger partial charge on any atom is -0.475 e. The van der Waals surface area contributed by atoms with Crippen LogP contribution in [-0.4, -0.2) is 16.7 Å². The summed E-state index contributed by atoms with van der Waals surface area (Å²) in [4.78, 5) is 7.34. The van der Waals surface area contributed by atoms with Crippen molar-refractivity contribution in [1.29, 1.82) is 0 Å². The van der Waals surface area contributed by atoms with Gasteiger partial charge >= 0.3 is 0 Å². The normalized spacial score (nSPS) is 9.40. The lowest BCUT2D eigenvalue weighted by Crippen LogP contribution is -2.07. The lowest BCUT2D eigenvalue weighted by molar-refractivity contribution is 0.327. The molecular formula is C5H6ClN3O. The highest BCUT2D eigenvalue weighted by Gasteiger charge is 1.92. The molecule has 5 heteroatoms. The lowest BCUT2D eigenvalue weighted by Gasteiger charge is -1.98. The summed E-state index contributed by atoms with van der Waals surface area (Å²) in [6.45, 7) is 0.116. The van der Waals surface area contributed by atoms with E-state index in [-0.39, 0.29) is 12.0 Å². The predicted octanol–water partition coefficient (Wildman–Crippen LogP) is 0.425. The Labute approximate surface area is 63.0 Å². The van der Waals surface area contributed by atoms with Gasteiger partial charge in [0.15, 0.2) is 5.75 Å². The number of nitrogens with zero attached hydrogens (tertiary/aromatic N) is 2. The van der Waals surface area contributed by atoms with E-state index in [1.165, 1.54) is 12.4 Å². The van der Waals surface area contributed by atoms with Crippen LogP contribution in [-0.2, 0) is 0 Å². The summed E-state index contributed by atoms with van der Waals surface area (Å²) in [6, 6.07) is 0. The van der Waals surface area contributed by atoms with Crippen molar-refractivity contribution in [1.82, 2.24) is 9.97 Å². The molecular weight excluding hydrogens is 154 g/mol. The Bertz CT molecular complexity index is 201. The van der Waals surface area contributed by atoms with E-state index in [1.807, 2.05) is 0 Å². The molecule has 4 nitrogen and oxygen atoms in total. The molecule has 1 rings (SSSR count). The standard InChI is InChI=1S/C5H6ClN3O/c6-5-8-1-4(2-9-5)10-3-7/h1-2H,3,7H2. The number of hydrogen-bond donors (Lipinski definition) is 1. The van der Waals surface area contributed by atoms with E-state index in [2.05, 4.69) is 9.97 Å². The molecule has 10 heavy (non-hydrogen) atoms. The zero-order valence-electron chi connectivity index (χ0n) is 5.12. The Balaban J connectivity index is 2.69. The second-order valence-corrected chi connectivity index (χ2v) is 1.84. The molecule has 0 fully saturated rings. The summed E-state index contributed by atoms with van der Waals surface area (Å²) in [6.07, 6.45) is 2.92. The fourth-order valence-electron chi connectivity index (χ4n) is 0.471. The third-order valence-corrected chi connectivity index (χ3v) is 1.04. The van der Waals surface area contributed by atoms with Crippen molar-refractivity contribution in [3.63, 3.8) is 0 Å². The van der Waals surface area contributed by atoms with Crippen LogP contribution in [0.4, 0.5) is 0 Å². The third kappa shape index (κ3) is 1.82. The molecule has 0 aliphatic rings. The molecule has 0 spiro atoms. The van der Waals surface area contributed by atoms with E-state index in [0.29, 0.717) is 5.75 Å². The lowest BCUT2D eigenvalue weighted by atomic mass is 10.6. The van der Waals surface area contributed by atoms with Crippen molar-refractivity contribution < 1.29 is 4.74 Å². The highest BCUT2D eigenvalue weighted by Crippen LogP contribution is 2.06. The Morgan fingerprint density at radius 3 is 2.60 bits per heavy atom. The Morgan fingerprint density at radius 2 is 2.10 bits per heavy atom. The van der Waals surface area contributed by atoms with Crippen molar-refractivity contribution in [2.45, 2.75) is 0 Å². The summed E-state index contributed by atoms with van der Waals surface area (Å²) >= 11 is 5.40. The quantitative estimate of drug-likeness (QED) is 0.502. The molecule has 0 aliphatic carbocycles. The first-order chi connectivity index (χ1) is 4.83. The number of aromatic nitrogens is 2. The van der Waals surface area contributed by atoms with Gasteiger partial charge in [0, 0.05) is 0 Å². The molecule has 0 unspecified atom stereocenters. The van der Waals surface area contributed by atoms with Gasteiger partial charge in [-0.1, -0.05) is 0 Å². The number of rotatable bonds is 2. The van der Waals surface area contributed by atoms with Crippen LogP contribution in [0.25, 0.3) is 0 Å². The van der Waals surface area contributed by atoms with Gasteiger partial charge < -0.3 is 4.74 Å². The molecule has 0 radical (unpaired) electrons. The molecule has 0 atom stereocenters. The van der Waals surface area contributed by atoms with Gasteiger partial charge in [-0.25, -0.2) is 9.97 Å². The maximum atomic E-state index is 5.40.